The molecular formula is C8H13NO. The molecule has 0 bridgehead atoms. The molecule has 0 heterocycles. The zero-order chi connectivity index (χ0) is 7.56. The summed E-state index contributed by atoms with van der Waals surface area (Å²) < 4.78 is 5.05. The molecule has 0 aliphatic rings. The van der Waals surface area contributed by atoms with Crippen LogP contribution >= 0.6 is 0 Å². The number of aryl methyl sites for hydroxylation is 1. The summed E-state index contributed by atoms with van der Waals surface area (Å²) in [4.78, 5) is 0. The highest BCUT2D eigenvalue weighted by atomic mass is 16.5. The fourth-order valence-electron chi connectivity index (χ4n) is 0.837. The topological polar surface area (TPSA) is 35.2 Å². The number of nitrogens with two attached hydrogens (primary N) is 1. The van der Waals surface area contributed by atoms with Crippen LogP contribution < -0.4 is 10.5 Å². The third-order valence-corrected chi connectivity index (χ3v) is 1.43. The molecule has 0 atom stereocenters. The van der Waals surface area contributed by atoms with E-state index in [1.807, 2.05) is 25.1 Å². The van der Waals surface area contributed by atoms with Crippen LogP contribution in [0.3, 0.4) is 0 Å². The minimum atomic E-state index is 0. The number of benzene rings is 1. The van der Waals surface area contributed by atoms with Crippen molar-refractivity contribution in [3.8, 4) is 5.75 Å². The van der Waals surface area contributed by atoms with Gasteiger partial charge in [-0.1, -0.05) is 6.07 Å². The first kappa shape index (κ1) is 6.93. The van der Waals surface area contributed by atoms with Crippen molar-refractivity contribution in [2.45, 2.75) is 6.92 Å². The maximum Gasteiger partial charge on any atom is 0.123 e. The second-order valence-corrected chi connectivity index (χ2v) is 2.23. The van der Waals surface area contributed by atoms with E-state index in [1.54, 1.807) is 7.11 Å². The molecule has 0 aliphatic carbocycles. The smallest absolute Gasteiger partial charge is 0.123 e. The number of methoxy groups -OCH3 is 1. The van der Waals surface area contributed by atoms with Crippen LogP contribution in [-0.2, 0) is 0 Å². The van der Waals surface area contributed by atoms with Crippen molar-refractivity contribution in [2.24, 2.45) is 0 Å². The summed E-state index contributed by atoms with van der Waals surface area (Å²) in [5.74, 6) is 0.847. The van der Waals surface area contributed by atoms with E-state index < -0.39 is 0 Å². The first-order chi connectivity index (χ1) is 4.74. The largest absolute Gasteiger partial charge is 0.496 e. The molecule has 0 saturated carbocycles. The van der Waals surface area contributed by atoms with E-state index >= 15 is 0 Å². The van der Waals surface area contributed by atoms with Gasteiger partial charge in [0.05, 0.1) is 7.11 Å². The summed E-state index contributed by atoms with van der Waals surface area (Å²) in [6.07, 6.45) is 0. The molecule has 1 aromatic rings. The summed E-state index contributed by atoms with van der Waals surface area (Å²) in [5.41, 5.74) is 7.37. The molecule has 0 aromatic heterocycles. The number of rotatable bonds is 1. The van der Waals surface area contributed by atoms with Gasteiger partial charge in [-0.05, 0) is 18.6 Å². The number of hydrogen-bond acceptors (Lipinski definition) is 2. The zero-order valence-corrected chi connectivity index (χ0v) is 6.22. The fraction of sp³-hybridized carbons (Fsp3) is 0.250. The Bertz CT molecular complexity index is 238. The van der Waals surface area contributed by atoms with Crippen LogP contribution in [0.25, 0.3) is 0 Å². The lowest BCUT2D eigenvalue weighted by Crippen LogP contribution is -1.89. The van der Waals surface area contributed by atoms with Gasteiger partial charge in [-0.3, -0.25) is 0 Å². The summed E-state index contributed by atoms with van der Waals surface area (Å²) in [5, 5.41) is 0. The lowest BCUT2D eigenvalue weighted by Gasteiger charge is -2.03. The van der Waals surface area contributed by atoms with Gasteiger partial charge in [0.15, 0.2) is 0 Å². The van der Waals surface area contributed by atoms with Crippen molar-refractivity contribution in [2.75, 3.05) is 12.8 Å². The first-order valence-corrected chi connectivity index (χ1v) is 3.14. The van der Waals surface area contributed by atoms with Crippen LogP contribution in [0.4, 0.5) is 5.69 Å². The van der Waals surface area contributed by atoms with Crippen molar-refractivity contribution < 1.29 is 6.16 Å². The lowest BCUT2D eigenvalue weighted by atomic mass is 10.2. The van der Waals surface area contributed by atoms with Gasteiger partial charge in [0.1, 0.15) is 5.75 Å². The van der Waals surface area contributed by atoms with E-state index in [4.69, 9.17) is 10.5 Å². The molecule has 2 nitrogen and oxygen atoms in total. The Labute approximate surface area is 62.1 Å². The molecule has 2 heteroatoms. The summed E-state index contributed by atoms with van der Waals surface area (Å²) >= 11 is 0. The van der Waals surface area contributed by atoms with Crippen molar-refractivity contribution in [1.29, 1.82) is 0 Å². The van der Waals surface area contributed by atoms with Crippen LogP contribution in [0.15, 0.2) is 18.2 Å². The predicted molar refractivity (Wildman–Crippen MR) is 44.3 cm³/mol. The second kappa shape index (κ2) is 2.60. The van der Waals surface area contributed by atoms with Gasteiger partial charge < -0.3 is 10.5 Å². The van der Waals surface area contributed by atoms with Crippen molar-refractivity contribution in [3.63, 3.8) is 0 Å². The van der Waals surface area contributed by atoms with Crippen LogP contribution in [0.2, 0.25) is 0 Å². The van der Waals surface area contributed by atoms with Gasteiger partial charge in [0, 0.05) is 13.2 Å². The maximum absolute atomic E-state index is 5.52. The van der Waals surface area contributed by atoms with E-state index in [0.29, 0.717) is 0 Å². The van der Waals surface area contributed by atoms with Crippen molar-refractivity contribution in [3.05, 3.63) is 23.8 Å². The predicted octanol–water partition coefficient (Wildman–Crippen LogP) is 1.83. The average molecular weight is 139 g/mol. The van der Waals surface area contributed by atoms with E-state index in [2.05, 4.69) is 0 Å². The van der Waals surface area contributed by atoms with E-state index in [0.717, 1.165) is 17.0 Å². The van der Waals surface area contributed by atoms with Crippen LogP contribution in [-0.4, -0.2) is 7.11 Å². The number of nitrogen functional groups attached to an aromatic ring is 1. The highest BCUT2D eigenvalue weighted by molar-refractivity contribution is 5.47. The highest BCUT2D eigenvalue weighted by Gasteiger charge is 1.95. The van der Waals surface area contributed by atoms with Gasteiger partial charge >= 0.3 is 0 Å². The maximum atomic E-state index is 5.52. The van der Waals surface area contributed by atoms with Gasteiger partial charge in [0.25, 0.3) is 0 Å². The number of hydrogen-bond donors (Lipinski definition) is 1. The molecule has 10 heavy (non-hydrogen) atoms. The van der Waals surface area contributed by atoms with Gasteiger partial charge in [-0.15, -0.1) is 0 Å². The molecule has 0 amide bonds. The zero-order valence-electron chi connectivity index (χ0n) is 6.22. The Balaban J connectivity index is 0.000001000. The molecule has 0 unspecified atom stereocenters. The first-order valence-electron chi connectivity index (χ1n) is 3.14. The van der Waals surface area contributed by atoms with Crippen LogP contribution in [0.1, 0.15) is 6.99 Å². The van der Waals surface area contributed by atoms with Crippen LogP contribution in [0, 0.1) is 6.92 Å². The van der Waals surface area contributed by atoms with Crippen LogP contribution in [0.5, 0.6) is 5.75 Å². The molecule has 1 rings (SSSR count). The lowest BCUT2D eigenvalue weighted by molar-refractivity contribution is 0.412. The van der Waals surface area contributed by atoms with Gasteiger partial charge in [0.2, 0.25) is 0 Å². The molecule has 0 fully saturated rings. The van der Waals surface area contributed by atoms with Gasteiger partial charge in [-0.25, -0.2) is 0 Å². The molecule has 0 spiro atoms. The minimum Gasteiger partial charge on any atom is -0.496 e. The monoisotopic (exact) mass is 139 g/mol. The van der Waals surface area contributed by atoms with Crippen molar-refractivity contribution in [1.82, 2.24) is 0 Å². The molecule has 1 aromatic carbocycles. The van der Waals surface area contributed by atoms with E-state index in [1.165, 1.54) is 0 Å². The third kappa shape index (κ3) is 1.21. The fourth-order valence-corrected chi connectivity index (χ4v) is 0.837. The Hall–Kier alpha value is -1.18. The third-order valence-electron chi connectivity index (χ3n) is 1.43. The minimum absolute atomic E-state index is 0. The molecule has 2 N–H and O–H groups in total. The van der Waals surface area contributed by atoms with E-state index in [9.17, 15) is 0 Å². The molecule has 56 valence electrons. The quantitative estimate of drug-likeness (QED) is 0.602. The molecule has 0 aliphatic heterocycles. The van der Waals surface area contributed by atoms with E-state index in [-0.39, 0.29) is 1.43 Å². The summed E-state index contributed by atoms with van der Waals surface area (Å²) in [6, 6.07) is 5.61. The highest BCUT2D eigenvalue weighted by Crippen LogP contribution is 2.19. The van der Waals surface area contributed by atoms with Gasteiger partial charge in [-0.2, -0.15) is 0 Å². The molecular weight excluding hydrogens is 126 g/mol. The number of anilines is 1. The average Bonchev–Trinajstić information content (AvgIpc) is 1.94. The Morgan fingerprint density at radius 1 is 1.50 bits per heavy atom. The Morgan fingerprint density at radius 3 is 2.70 bits per heavy atom. The number of ether oxygens (including phenoxy) is 1. The molecule has 0 radical (unpaired) electrons. The standard InChI is InChI=1S/C8H11NO.H2/c1-6-3-4-7(9)5-8(6)10-2;/h3-5H,9H2,1-2H3;1H. The summed E-state index contributed by atoms with van der Waals surface area (Å²) in [6.45, 7) is 1.98. The van der Waals surface area contributed by atoms with Crippen molar-refractivity contribution >= 4 is 5.69 Å². The summed E-state index contributed by atoms with van der Waals surface area (Å²) in [7, 11) is 1.64. The second-order valence-electron chi connectivity index (χ2n) is 2.23. The molecule has 0 saturated heterocycles. The Morgan fingerprint density at radius 2 is 2.20 bits per heavy atom. The SMILES string of the molecule is COc1cc(N)ccc1C.[HH]. The normalized spacial score (nSPS) is 9.40. The Kier molecular flexibility index (Phi) is 1.81.